The van der Waals surface area contributed by atoms with Crippen molar-refractivity contribution in [2.45, 2.75) is 6.42 Å². The third kappa shape index (κ3) is 4.55. The van der Waals surface area contributed by atoms with Crippen LogP contribution in [-0.2, 0) is 11.2 Å². The van der Waals surface area contributed by atoms with Crippen LogP contribution in [0.25, 0.3) is 0 Å². The van der Waals surface area contributed by atoms with Crippen LogP contribution < -0.4 is 11.1 Å². The minimum Gasteiger partial charge on any atom is -0.448 e. The molecule has 1 aromatic carbocycles. The predicted molar refractivity (Wildman–Crippen MR) is 80.9 cm³/mol. The van der Waals surface area contributed by atoms with E-state index in [-0.39, 0.29) is 13.2 Å². The number of rotatable bonds is 5. The third-order valence-electron chi connectivity index (χ3n) is 2.27. The molecule has 0 bridgehead atoms. The van der Waals surface area contributed by atoms with Gasteiger partial charge < -0.3 is 10.5 Å². The number of carbonyl (C=O) groups is 1. The van der Waals surface area contributed by atoms with Crippen molar-refractivity contribution in [3.63, 3.8) is 0 Å². The van der Waals surface area contributed by atoms with Crippen LogP contribution in [0.1, 0.15) is 10.6 Å². The fraction of sp³-hybridized carbons (Fsp3) is 0.250. The Bertz CT molecular complexity index is 590. The van der Waals surface area contributed by atoms with Gasteiger partial charge in [0.1, 0.15) is 11.6 Å². The summed E-state index contributed by atoms with van der Waals surface area (Å²) in [6.07, 6.45) is 0.0944. The zero-order valence-electron chi connectivity index (χ0n) is 10.5. The fourth-order valence-electron chi connectivity index (χ4n) is 1.47. The number of hydrogen-bond acceptors (Lipinski definition) is 6. The Morgan fingerprint density at radius 3 is 3.05 bits per heavy atom. The van der Waals surface area contributed by atoms with Gasteiger partial charge >= 0.3 is 6.09 Å². The molecule has 2 rings (SSSR count). The number of carbonyl (C=O) groups excluding carboxylic acids is 1. The number of ether oxygens (including phenoxy) is 1. The molecule has 20 heavy (non-hydrogen) atoms. The largest absolute Gasteiger partial charge is 0.448 e. The molecule has 0 unspecified atom stereocenters. The minimum atomic E-state index is -0.569. The van der Waals surface area contributed by atoms with Gasteiger partial charge in [-0.05, 0) is 17.7 Å². The Morgan fingerprint density at radius 2 is 2.30 bits per heavy atom. The summed E-state index contributed by atoms with van der Waals surface area (Å²) < 4.78 is 5.81. The molecule has 106 valence electrons. The van der Waals surface area contributed by atoms with Crippen LogP contribution in [-0.4, -0.2) is 29.4 Å². The van der Waals surface area contributed by atoms with Gasteiger partial charge in [0.25, 0.3) is 0 Å². The number of nitrogens with two attached hydrogens (primary N) is 1. The van der Waals surface area contributed by atoms with Crippen LogP contribution in [0.2, 0.25) is 0 Å². The highest BCUT2D eigenvalue weighted by molar-refractivity contribution is 9.10. The summed E-state index contributed by atoms with van der Waals surface area (Å²) in [5.74, 6) is 0. The molecule has 8 heteroatoms. The number of aromatic nitrogens is 2. The third-order valence-corrected chi connectivity index (χ3v) is 3.60. The molecule has 0 saturated heterocycles. The van der Waals surface area contributed by atoms with Crippen molar-refractivity contribution in [1.82, 2.24) is 10.2 Å². The van der Waals surface area contributed by atoms with E-state index in [1.165, 1.54) is 11.3 Å². The summed E-state index contributed by atoms with van der Waals surface area (Å²) in [4.78, 5) is 11.3. The van der Waals surface area contributed by atoms with E-state index < -0.39 is 6.09 Å². The Hall–Kier alpha value is -1.51. The first-order chi connectivity index (χ1) is 9.67. The number of hydrogen-bond donors (Lipinski definition) is 2. The average Bonchev–Trinajstić information content (AvgIpc) is 2.83. The highest BCUT2D eigenvalue weighted by Crippen LogP contribution is 2.20. The van der Waals surface area contributed by atoms with Crippen LogP contribution in [0.5, 0.6) is 0 Å². The Balaban J connectivity index is 1.93. The predicted octanol–water partition coefficient (Wildman–Crippen LogP) is 2.40. The van der Waals surface area contributed by atoms with E-state index in [1.54, 1.807) is 0 Å². The van der Waals surface area contributed by atoms with Gasteiger partial charge in [0.05, 0.1) is 0 Å². The van der Waals surface area contributed by atoms with Gasteiger partial charge in [-0.3, -0.25) is 5.32 Å². The summed E-state index contributed by atoms with van der Waals surface area (Å²) in [7, 11) is 0. The van der Waals surface area contributed by atoms with Crippen LogP contribution in [0, 0.1) is 0 Å². The Labute approximate surface area is 128 Å². The first-order valence-electron chi connectivity index (χ1n) is 5.88. The maximum atomic E-state index is 11.3. The smallest absolute Gasteiger partial charge is 0.413 e. The molecule has 3 N–H and O–H groups in total. The standard InChI is InChI=1S/C12H13BrN4O2S/c13-9-3-1-2-8(6-9)7-10-16-17-11(20-10)15-12(18)19-5-4-14/h1-3,6H,4-5,7,14H2,(H,15,17,18). The quantitative estimate of drug-likeness (QED) is 0.858. The number of benzene rings is 1. The molecule has 0 spiro atoms. The van der Waals surface area contributed by atoms with Crippen molar-refractivity contribution in [3.8, 4) is 0 Å². The number of nitrogens with zero attached hydrogens (tertiary/aromatic N) is 2. The molecule has 6 nitrogen and oxygen atoms in total. The van der Waals surface area contributed by atoms with Crippen LogP contribution in [0.15, 0.2) is 28.7 Å². The van der Waals surface area contributed by atoms with Crippen LogP contribution in [0.4, 0.5) is 9.93 Å². The van der Waals surface area contributed by atoms with Crippen LogP contribution >= 0.6 is 27.3 Å². The molecule has 1 amide bonds. The van der Waals surface area contributed by atoms with E-state index in [4.69, 9.17) is 10.5 Å². The first-order valence-corrected chi connectivity index (χ1v) is 7.49. The molecular formula is C12H13BrN4O2S. The second-order valence-corrected chi connectivity index (χ2v) is 5.83. The van der Waals surface area contributed by atoms with Gasteiger partial charge in [0, 0.05) is 17.4 Å². The van der Waals surface area contributed by atoms with E-state index in [0.717, 1.165) is 15.0 Å². The van der Waals surface area contributed by atoms with Gasteiger partial charge in [0.2, 0.25) is 5.13 Å². The molecular weight excluding hydrogens is 344 g/mol. The first kappa shape index (κ1) is 14.9. The summed E-state index contributed by atoms with van der Waals surface area (Å²) in [5, 5.41) is 11.7. The molecule has 0 aliphatic rings. The summed E-state index contributed by atoms with van der Waals surface area (Å²) in [6.45, 7) is 0.465. The van der Waals surface area contributed by atoms with E-state index in [0.29, 0.717) is 11.6 Å². The number of halogens is 1. The molecule has 0 fully saturated rings. The molecule has 0 aliphatic heterocycles. The molecule has 0 radical (unpaired) electrons. The van der Waals surface area contributed by atoms with Crippen molar-refractivity contribution >= 4 is 38.5 Å². The van der Waals surface area contributed by atoms with Crippen molar-refractivity contribution in [3.05, 3.63) is 39.3 Å². The molecule has 0 atom stereocenters. The maximum Gasteiger partial charge on any atom is 0.413 e. The highest BCUT2D eigenvalue weighted by Gasteiger charge is 2.09. The molecule has 1 aromatic heterocycles. The van der Waals surface area contributed by atoms with Gasteiger partial charge in [-0.2, -0.15) is 0 Å². The van der Waals surface area contributed by atoms with Gasteiger partial charge in [-0.1, -0.05) is 39.4 Å². The van der Waals surface area contributed by atoms with Gasteiger partial charge in [-0.25, -0.2) is 4.79 Å². The lowest BCUT2D eigenvalue weighted by Crippen LogP contribution is -2.18. The second-order valence-electron chi connectivity index (χ2n) is 3.86. The zero-order chi connectivity index (χ0) is 14.4. The topological polar surface area (TPSA) is 90.1 Å². The number of anilines is 1. The Kier molecular flexibility index (Phi) is 5.45. The monoisotopic (exact) mass is 356 g/mol. The van der Waals surface area contributed by atoms with E-state index in [9.17, 15) is 4.79 Å². The molecule has 0 saturated carbocycles. The zero-order valence-corrected chi connectivity index (χ0v) is 12.9. The summed E-state index contributed by atoms with van der Waals surface area (Å²) in [6, 6.07) is 7.95. The molecule has 1 heterocycles. The second kappa shape index (κ2) is 7.32. The SMILES string of the molecule is NCCOC(=O)Nc1nnc(Cc2cccc(Br)c2)s1. The van der Waals surface area contributed by atoms with Crippen LogP contribution in [0.3, 0.4) is 0 Å². The van der Waals surface area contributed by atoms with Gasteiger partial charge in [-0.15, -0.1) is 10.2 Å². The van der Waals surface area contributed by atoms with E-state index in [2.05, 4.69) is 31.4 Å². The van der Waals surface area contributed by atoms with Crippen molar-refractivity contribution in [2.75, 3.05) is 18.5 Å². The number of nitrogens with one attached hydrogen (secondary N) is 1. The number of amides is 1. The summed E-state index contributed by atoms with van der Waals surface area (Å²) >= 11 is 4.74. The van der Waals surface area contributed by atoms with E-state index in [1.807, 2.05) is 24.3 Å². The normalized spacial score (nSPS) is 10.3. The molecule has 2 aromatic rings. The lowest BCUT2D eigenvalue weighted by Gasteiger charge is -2.01. The highest BCUT2D eigenvalue weighted by atomic mass is 79.9. The average molecular weight is 357 g/mol. The Morgan fingerprint density at radius 1 is 1.45 bits per heavy atom. The summed E-state index contributed by atoms with van der Waals surface area (Å²) in [5.41, 5.74) is 6.36. The minimum absolute atomic E-state index is 0.176. The fourth-order valence-corrected chi connectivity index (χ4v) is 2.68. The van der Waals surface area contributed by atoms with Gasteiger partial charge in [0.15, 0.2) is 0 Å². The molecule has 0 aliphatic carbocycles. The lowest BCUT2D eigenvalue weighted by molar-refractivity contribution is 0.165. The van der Waals surface area contributed by atoms with E-state index >= 15 is 0 Å². The van der Waals surface area contributed by atoms with Crippen molar-refractivity contribution in [2.24, 2.45) is 5.73 Å². The maximum absolute atomic E-state index is 11.3. The van der Waals surface area contributed by atoms with Crippen molar-refractivity contribution in [1.29, 1.82) is 0 Å². The van der Waals surface area contributed by atoms with Crippen molar-refractivity contribution < 1.29 is 9.53 Å². The lowest BCUT2D eigenvalue weighted by atomic mass is 10.2.